The zero-order chi connectivity index (χ0) is 25.8. The molecule has 4 rings (SSSR count). The molecule has 1 aliphatic heterocycles. The van der Waals surface area contributed by atoms with Crippen molar-refractivity contribution in [3.63, 3.8) is 0 Å². The minimum Gasteiger partial charge on any atom is -0.481 e. The molecule has 3 aliphatic rings. The zero-order valence-electron chi connectivity index (χ0n) is 21.8. The molecule has 0 spiro atoms. The van der Waals surface area contributed by atoms with E-state index in [0.29, 0.717) is 19.3 Å². The minimum atomic E-state index is -0.812. The molecule has 0 aromatic heterocycles. The van der Waals surface area contributed by atoms with Crippen molar-refractivity contribution in [3.05, 3.63) is 46.1 Å². The van der Waals surface area contributed by atoms with Gasteiger partial charge in [0.1, 0.15) is 0 Å². The molecule has 6 nitrogen and oxygen atoms in total. The molecule has 2 aliphatic carbocycles. The maximum absolute atomic E-state index is 13.5. The summed E-state index contributed by atoms with van der Waals surface area (Å²) in [5.41, 5.74) is 1.45. The number of nitrogens with one attached hydrogen (secondary N) is 1. The Morgan fingerprint density at radius 1 is 1.29 bits per heavy atom. The van der Waals surface area contributed by atoms with Crippen molar-refractivity contribution in [2.45, 2.75) is 96.7 Å². The second-order valence-electron chi connectivity index (χ2n) is 12.5. The Kier molecular flexibility index (Phi) is 6.55. The highest BCUT2D eigenvalue weighted by atomic mass is 35.5. The van der Waals surface area contributed by atoms with E-state index >= 15 is 0 Å². The summed E-state index contributed by atoms with van der Waals surface area (Å²) in [5, 5.41) is 13.7. The Balaban J connectivity index is 1.68. The number of methoxy groups -OCH3 is 1. The second kappa shape index (κ2) is 8.81. The van der Waals surface area contributed by atoms with Gasteiger partial charge in [0, 0.05) is 23.9 Å². The number of carbonyl (C=O) groups excluding carboxylic acids is 1. The number of halogens is 1. The summed E-state index contributed by atoms with van der Waals surface area (Å²) in [4.78, 5) is 26.9. The Bertz CT molecular complexity index is 1050. The molecule has 0 bridgehead atoms. The number of urea groups is 1. The van der Waals surface area contributed by atoms with Crippen LogP contribution in [0.3, 0.4) is 0 Å². The van der Waals surface area contributed by atoms with E-state index in [-0.39, 0.29) is 17.6 Å². The Hall–Kier alpha value is -2.05. The lowest BCUT2D eigenvalue weighted by Gasteiger charge is -2.58. The smallest absolute Gasteiger partial charge is 0.322 e. The highest BCUT2D eigenvalue weighted by Crippen LogP contribution is 2.54. The van der Waals surface area contributed by atoms with Gasteiger partial charge in [-0.25, -0.2) is 4.79 Å². The lowest BCUT2D eigenvalue weighted by molar-refractivity contribution is -0.161. The van der Waals surface area contributed by atoms with Crippen molar-refractivity contribution in [1.29, 1.82) is 0 Å². The van der Waals surface area contributed by atoms with E-state index in [2.05, 4.69) is 38.2 Å². The number of benzene rings is 1. The van der Waals surface area contributed by atoms with Gasteiger partial charge >= 0.3 is 12.0 Å². The fraction of sp³-hybridized carbons (Fsp3) is 0.643. The Labute approximate surface area is 214 Å². The molecule has 1 aromatic carbocycles. The van der Waals surface area contributed by atoms with Crippen molar-refractivity contribution in [2.75, 3.05) is 7.11 Å². The first-order chi connectivity index (χ1) is 16.2. The molecule has 2 fully saturated rings. The molecule has 0 radical (unpaired) electrons. The minimum absolute atomic E-state index is 0.0752. The molecule has 7 heteroatoms. The van der Waals surface area contributed by atoms with Gasteiger partial charge in [-0.05, 0) is 87.0 Å². The maximum atomic E-state index is 13.5. The first-order valence-corrected chi connectivity index (χ1v) is 13.0. The first-order valence-electron chi connectivity index (χ1n) is 12.6. The zero-order valence-corrected chi connectivity index (χ0v) is 22.6. The van der Waals surface area contributed by atoms with E-state index in [1.807, 2.05) is 19.2 Å². The van der Waals surface area contributed by atoms with Crippen LogP contribution < -0.4 is 5.32 Å². The summed E-state index contributed by atoms with van der Waals surface area (Å²) in [6.07, 6.45) is 7.07. The summed E-state index contributed by atoms with van der Waals surface area (Å²) in [6.45, 7) is 10.4. The SMILES string of the molecule is COC1CC[C@@]2(c3ccc(CCC(C)(C)C)c(Cl)c3)NC(=O)N(C3(C)CC(C)(C(=O)O)C3)C=C2C1. The second-order valence-corrected chi connectivity index (χ2v) is 13.0. The van der Waals surface area contributed by atoms with E-state index in [9.17, 15) is 14.7 Å². The molecule has 2 amide bonds. The molecule has 35 heavy (non-hydrogen) atoms. The summed E-state index contributed by atoms with van der Waals surface area (Å²) in [7, 11) is 1.73. The van der Waals surface area contributed by atoms with Gasteiger partial charge in [-0.2, -0.15) is 0 Å². The van der Waals surface area contributed by atoms with E-state index in [4.69, 9.17) is 16.3 Å². The van der Waals surface area contributed by atoms with Crippen LogP contribution in [0.4, 0.5) is 4.79 Å². The normalized spacial score (nSPS) is 32.9. The van der Waals surface area contributed by atoms with Crippen LogP contribution in [0.25, 0.3) is 0 Å². The molecule has 1 aromatic rings. The molecule has 1 unspecified atom stereocenters. The standard InChI is InChI=1S/C28H39ClN2O4/c1-25(2,3)11-9-18-7-8-19(14-22(18)29)28-12-10-21(35-6)13-20(28)15-31(24(34)30-28)27(5)16-26(4,17-27)23(32)33/h7-8,14-15,21H,9-13,16-17H2,1-6H3,(H,30,34)(H,32,33)/t21?,26?,27?,28-/m0/s1. The summed E-state index contributed by atoms with van der Waals surface area (Å²) in [6, 6.07) is 6.03. The number of aliphatic carboxylic acids is 1. The highest BCUT2D eigenvalue weighted by molar-refractivity contribution is 6.31. The van der Waals surface area contributed by atoms with Crippen molar-refractivity contribution in [3.8, 4) is 0 Å². The van der Waals surface area contributed by atoms with Gasteiger partial charge in [0.25, 0.3) is 0 Å². The Morgan fingerprint density at radius 2 is 1.97 bits per heavy atom. The number of carboxylic acid groups (broad SMARTS) is 1. The van der Waals surface area contributed by atoms with Gasteiger partial charge in [-0.3, -0.25) is 9.69 Å². The van der Waals surface area contributed by atoms with Crippen LogP contribution in [0.5, 0.6) is 0 Å². The summed E-state index contributed by atoms with van der Waals surface area (Å²) < 4.78 is 5.70. The number of fused-ring (bicyclic) bond motifs is 1. The van der Waals surface area contributed by atoms with Gasteiger partial charge in [0.05, 0.1) is 17.1 Å². The van der Waals surface area contributed by atoms with Crippen LogP contribution in [-0.2, 0) is 21.5 Å². The highest BCUT2D eigenvalue weighted by Gasteiger charge is 2.59. The van der Waals surface area contributed by atoms with Gasteiger partial charge in [-0.1, -0.05) is 44.5 Å². The predicted molar refractivity (Wildman–Crippen MR) is 137 cm³/mol. The van der Waals surface area contributed by atoms with Crippen LogP contribution in [0, 0.1) is 10.8 Å². The topological polar surface area (TPSA) is 78.9 Å². The molecule has 0 saturated heterocycles. The number of hydrogen-bond acceptors (Lipinski definition) is 3. The number of nitrogens with zero attached hydrogens (tertiary/aromatic N) is 1. The number of carbonyl (C=O) groups is 2. The van der Waals surface area contributed by atoms with Gasteiger partial charge in [0.2, 0.25) is 0 Å². The van der Waals surface area contributed by atoms with Crippen LogP contribution in [0.15, 0.2) is 30.0 Å². The predicted octanol–water partition coefficient (Wildman–Crippen LogP) is 6.27. The number of hydrogen-bond donors (Lipinski definition) is 2. The molecular weight excluding hydrogens is 464 g/mol. The van der Waals surface area contributed by atoms with Crippen LogP contribution in [0.2, 0.25) is 5.02 Å². The first kappa shape index (κ1) is 26.0. The Morgan fingerprint density at radius 3 is 2.54 bits per heavy atom. The number of carboxylic acids is 1. The van der Waals surface area contributed by atoms with Crippen LogP contribution in [0.1, 0.15) is 84.3 Å². The van der Waals surface area contributed by atoms with Crippen molar-refractivity contribution in [1.82, 2.24) is 10.2 Å². The molecule has 2 N–H and O–H groups in total. The fourth-order valence-electron chi connectivity index (χ4n) is 6.30. The largest absolute Gasteiger partial charge is 0.481 e. The number of aryl methyl sites for hydroxylation is 1. The van der Waals surface area contributed by atoms with E-state index in [1.165, 1.54) is 0 Å². The van der Waals surface area contributed by atoms with E-state index in [1.54, 1.807) is 18.9 Å². The third-order valence-electron chi connectivity index (χ3n) is 8.32. The van der Waals surface area contributed by atoms with E-state index < -0.39 is 22.5 Å². The molecule has 192 valence electrons. The average Bonchev–Trinajstić information content (AvgIpc) is 2.75. The number of rotatable bonds is 6. The van der Waals surface area contributed by atoms with Crippen LogP contribution in [-0.4, -0.2) is 40.8 Å². The van der Waals surface area contributed by atoms with Gasteiger partial charge < -0.3 is 15.2 Å². The summed E-state index contributed by atoms with van der Waals surface area (Å²) >= 11 is 6.77. The molecule has 1 heterocycles. The van der Waals surface area contributed by atoms with Crippen molar-refractivity contribution in [2.24, 2.45) is 10.8 Å². The number of ether oxygens (including phenoxy) is 1. The maximum Gasteiger partial charge on any atom is 0.322 e. The lowest BCUT2D eigenvalue weighted by Crippen LogP contribution is -2.67. The molecular formula is C28H39ClN2O4. The van der Waals surface area contributed by atoms with Crippen molar-refractivity contribution < 1.29 is 19.4 Å². The van der Waals surface area contributed by atoms with Gasteiger partial charge in [-0.15, -0.1) is 0 Å². The van der Waals surface area contributed by atoms with Crippen molar-refractivity contribution >= 4 is 23.6 Å². The quantitative estimate of drug-likeness (QED) is 0.480. The van der Waals surface area contributed by atoms with Crippen LogP contribution >= 0.6 is 11.6 Å². The molecule has 2 saturated carbocycles. The average molecular weight is 503 g/mol. The lowest BCUT2D eigenvalue weighted by atomic mass is 9.58. The molecule has 2 atom stereocenters. The third kappa shape index (κ3) is 4.72. The fourth-order valence-corrected chi connectivity index (χ4v) is 6.58. The van der Waals surface area contributed by atoms with E-state index in [0.717, 1.165) is 47.4 Å². The van der Waals surface area contributed by atoms with Gasteiger partial charge in [0.15, 0.2) is 0 Å². The summed E-state index contributed by atoms with van der Waals surface area (Å²) in [5.74, 6) is -0.812. The monoisotopic (exact) mass is 502 g/mol. The third-order valence-corrected chi connectivity index (χ3v) is 8.68. The number of amides is 2.